The molecule has 0 spiro atoms. The lowest BCUT2D eigenvalue weighted by molar-refractivity contribution is -0.148. The number of fused-ring (bicyclic) bond motifs is 3. The van der Waals surface area contributed by atoms with Gasteiger partial charge in [-0.2, -0.15) is 0 Å². The lowest BCUT2D eigenvalue weighted by atomic mass is 9.98. The van der Waals surface area contributed by atoms with Gasteiger partial charge in [0.15, 0.2) is 0 Å². The van der Waals surface area contributed by atoms with E-state index in [9.17, 15) is 14.7 Å². The largest absolute Gasteiger partial charge is 0.509 e. The van der Waals surface area contributed by atoms with E-state index in [1.165, 1.54) is 0 Å². The molecular formula is C23H18O5. The molecule has 5 nitrogen and oxygen atoms in total. The summed E-state index contributed by atoms with van der Waals surface area (Å²) in [5.41, 5.74) is 4.77. The average molecular weight is 374 g/mol. The number of carboxylic acid groups (broad SMARTS) is 1. The summed E-state index contributed by atoms with van der Waals surface area (Å²) < 4.78 is 10.4. The number of rotatable bonds is 5. The maximum Gasteiger partial charge on any atom is 0.509 e. The van der Waals surface area contributed by atoms with Crippen LogP contribution in [0.3, 0.4) is 0 Å². The number of ether oxygens (including phenoxy) is 2. The van der Waals surface area contributed by atoms with Crippen LogP contribution in [0.5, 0.6) is 0 Å². The third-order valence-corrected chi connectivity index (χ3v) is 4.87. The van der Waals surface area contributed by atoms with Crippen LogP contribution in [0.1, 0.15) is 28.7 Å². The molecule has 0 amide bonds. The van der Waals surface area contributed by atoms with Crippen LogP contribution in [-0.2, 0) is 14.3 Å². The summed E-state index contributed by atoms with van der Waals surface area (Å²) in [5.74, 6) is -1.36. The average Bonchev–Trinajstić information content (AvgIpc) is 3.05. The highest BCUT2D eigenvalue weighted by molar-refractivity contribution is 5.79. The highest BCUT2D eigenvalue weighted by Crippen LogP contribution is 2.44. The number of carbonyl (C=O) groups excluding carboxylic acids is 1. The Labute approximate surface area is 162 Å². The van der Waals surface area contributed by atoms with E-state index in [0.717, 1.165) is 22.3 Å². The lowest BCUT2D eigenvalue weighted by Crippen LogP contribution is -2.21. The van der Waals surface area contributed by atoms with Gasteiger partial charge in [-0.1, -0.05) is 78.9 Å². The van der Waals surface area contributed by atoms with Crippen molar-refractivity contribution in [1.29, 1.82) is 0 Å². The molecule has 28 heavy (non-hydrogen) atoms. The first kappa shape index (κ1) is 17.8. The minimum Gasteiger partial charge on any atom is -0.478 e. The second kappa shape index (κ2) is 7.56. The van der Waals surface area contributed by atoms with E-state index in [1.54, 1.807) is 30.3 Å². The number of carboxylic acids is 1. The smallest absolute Gasteiger partial charge is 0.478 e. The van der Waals surface area contributed by atoms with Gasteiger partial charge in [0.2, 0.25) is 6.10 Å². The van der Waals surface area contributed by atoms with Crippen molar-refractivity contribution in [2.45, 2.75) is 12.0 Å². The molecule has 0 radical (unpaired) electrons. The number of hydrogen-bond donors (Lipinski definition) is 1. The van der Waals surface area contributed by atoms with E-state index in [1.807, 2.05) is 48.5 Å². The molecule has 4 rings (SSSR count). The van der Waals surface area contributed by atoms with E-state index in [-0.39, 0.29) is 12.5 Å². The Kier molecular flexibility index (Phi) is 4.81. The predicted molar refractivity (Wildman–Crippen MR) is 103 cm³/mol. The summed E-state index contributed by atoms with van der Waals surface area (Å²) in [6.07, 6.45) is -2.41. The van der Waals surface area contributed by atoms with E-state index in [0.29, 0.717) is 5.56 Å². The van der Waals surface area contributed by atoms with Crippen molar-refractivity contribution < 1.29 is 24.2 Å². The van der Waals surface area contributed by atoms with Gasteiger partial charge in [0.25, 0.3) is 0 Å². The van der Waals surface area contributed by atoms with Crippen molar-refractivity contribution >= 4 is 12.1 Å². The molecule has 0 aliphatic heterocycles. The molecule has 0 saturated heterocycles. The maximum absolute atomic E-state index is 12.2. The maximum atomic E-state index is 12.2. The molecule has 0 heterocycles. The third-order valence-electron chi connectivity index (χ3n) is 4.87. The molecule has 0 fully saturated rings. The third kappa shape index (κ3) is 3.34. The van der Waals surface area contributed by atoms with Gasteiger partial charge < -0.3 is 14.6 Å². The summed E-state index contributed by atoms with van der Waals surface area (Å²) in [7, 11) is 0. The zero-order valence-electron chi connectivity index (χ0n) is 14.9. The van der Waals surface area contributed by atoms with E-state index in [4.69, 9.17) is 9.47 Å². The van der Waals surface area contributed by atoms with Crippen LogP contribution in [0.15, 0.2) is 78.9 Å². The fourth-order valence-corrected chi connectivity index (χ4v) is 3.61. The molecule has 1 atom stereocenters. The first-order valence-corrected chi connectivity index (χ1v) is 8.94. The van der Waals surface area contributed by atoms with Crippen LogP contribution < -0.4 is 0 Å². The Morgan fingerprint density at radius 3 is 1.93 bits per heavy atom. The van der Waals surface area contributed by atoms with E-state index in [2.05, 4.69) is 0 Å². The van der Waals surface area contributed by atoms with Gasteiger partial charge in [-0.05, 0) is 22.3 Å². The Hall–Kier alpha value is -3.60. The Balaban J connectivity index is 1.49. The zero-order chi connectivity index (χ0) is 19.5. The molecule has 1 aliphatic rings. The quantitative estimate of drug-likeness (QED) is 0.651. The first-order valence-electron chi connectivity index (χ1n) is 8.94. The van der Waals surface area contributed by atoms with Crippen molar-refractivity contribution in [3.63, 3.8) is 0 Å². The molecule has 0 aromatic heterocycles. The van der Waals surface area contributed by atoms with Gasteiger partial charge in [0, 0.05) is 11.5 Å². The summed E-state index contributed by atoms with van der Waals surface area (Å²) in [6.45, 7) is 0.0774. The molecular weight excluding hydrogens is 356 g/mol. The lowest BCUT2D eigenvalue weighted by Gasteiger charge is -2.17. The van der Waals surface area contributed by atoms with Gasteiger partial charge in [0.1, 0.15) is 6.61 Å². The molecule has 0 unspecified atom stereocenters. The van der Waals surface area contributed by atoms with Crippen LogP contribution >= 0.6 is 0 Å². The monoisotopic (exact) mass is 374 g/mol. The number of hydrogen-bond acceptors (Lipinski definition) is 4. The molecule has 3 aromatic rings. The van der Waals surface area contributed by atoms with Crippen molar-refractivity contribution in [2.75, 3.05) is 6.61 Å². The molecule has 140 valence electrons. The first-order chi connectivity index (χ1) is 13.6. The van der Waals surface area contributed by atoms with Crippen molar-refractivity contribution in [3.05, 3.63) is 95.6 Å². The molecule has 3 aromatic carbocycles. The summed E-state index contributed by atoms with van der Waals surface area (Å²) in [6, 6.07) is 24.3. The molecule has 0 saturated carbocycles. The topological polar surface area (TPSA) is 72.8 Å². The fraction of sp³-hybridized carbons (Fsp3) is 0.130. The molecule has 0 bridgehead atoms. The molecule has 5 heteroatoms. The minimum absolute atomic E-state index is 0.0774. The van der Waals surface area contributed by atoms with Crippen molar-refractivity contribution in [3.8, 4) is 11.1 Å². The van der Waals surface area contributed by atoms with Crippen molar-refractivity contribution in [1.82, 2.24) is 0 Å². The summed E-state index contributed by atoms with van der Waals surface area (Å²) in [4.78, 5) is 23.7. The van der Waals surface area contributed by atoms with Crippen LogP contribution in [0, 0.1) is 0 Å². The Bertz CT molecular complexity index is 967. The van der Waals surface area contributed by atoms with E-state index < -0.39 is 18.2 Å². The van der Waals surface area contributed by atoms with Crippen LogP contribution in [-0.4, -0.2) is 23.8 Å². The Morgan fingerprint density at radius 1 is 0.821 bits per heavy atom. The van der Waals surface area contributed by atoms with Gasteiger partial charge >= 0.3 is 12.1 Å². The fourth-order valence-electron chi connectivity index (χ4n) is 3.61. The highest BCUT2D eigenvalue weighted by atomic mass is 16.7. The molecule has 1 N–H and O–H groups in total. The Morgan fingerprint density at radius 2 is 1.36 bits per heavy atom. The predicted octanol–water partition coefficient (Wildman–Crippen LogP) is 4.78. The number of carbonyl (C=O) groups is 2. The molecule has 1 aliphatic carbocycles. The zero-order valence-corrected chi connectivity index (χ0v) is 14.9. The van der Waals surface area contributed by atoms with Crippen molar-refractivity contribution in [2.24, 2.45) is 0 Å². The SMILES string of the molecule is O=C(OCC1c2ccccc2-c2ccccc21)O[C@@H](C(=O)O)c1ccccc1. The van der Waals surface area contributed by atoms with Gasteiger partial charge in [-0.3, -0.25) is 0 Å². The number of benzene rings is 3. The second-order valence-corrected chi connectivity index (χ2v) is 6.53. The normalized spacial score (nSPS) is 13.3. The van der Waals surface area contributed by atoms with E-state index >= 15 is 0 Å². The minimum atomic E-state index is -1.41. The van der Waals surface area contributed by atoms with Crippen LogP contribution in [0.2, 0.25) is 0 Å². The highest BCUT2D eigenvalue weighted by Gasteiger charge is 2.30. The van der Waals surface area contributed by atoms with Gasteiger partial charge in [-0.25, -0.2) is 9.59 Å². The van der Waals surface area contributed by atoms with Crippen LogP contribution in [0.25, 0.3) is 11.1 Å². The summed E-state index contributed by atoms with van der Waals surface area (Å²) >= 11 is 0. The number of aliphatic carboxylic acids is 1. The van der Waals surface area contributed by atoms with Crippen LogP contribution in [0.4, 0.5) is 4.79 Å². The summed E-state index contributed by atoms with van der Waals surface area (Å²) in [5, 5.41) is 9.38. The standard InChI is InChI=1S/C23H18O5/c24-22(25)21(15-8-2-1-3-9-15)28-23(26)27-14-20-18-12-6-4-10-16(18)17-11-5-7-13-19(17)20/h1-13,20-21H,14H2,(H,24,25)/t21-/m1/s1. The van der Waals surface area contributed by atoms with Gasteiger partial charge in [0.05, 0.1) is 0 Å². The van der Waals surface area contributed by atoms with Gasteiger partial charge in [-0.15, -0.1) is 0 Å². The second-order valence-electron chi connectivity index (χ2n) is 6.53.